The first-order valence-corrected chi connectivity index (χ1v) is 19.6. The Bertz CT molecular complexity index is 668. The molecule has 1 aromatic rings. The third kappa shape index (κ3) is 19.3. The van der Waals surface area contributed by atoms with Crippen LogP contribution in [0.5, 0.6) is 0 Å². The van der Waals surface area contributed by atoms with Gasteiger partial charge in [0.2, 0.25) is 0 Å². The van der Waals surface area contributed by atoms with E-state index < -0.39 is 17.4 Å². The molecule has 0 radical (unpaired) electrons. The normalized spacial score (nSPS) is 11.8. The summed E-state index contributed by atoms with van der Waals surface area (Å²) in [5.74, 6) is 0. The van der Waals surface area contributed by atoms with Gasteiger partial charge in [-0.05, 0) is 44.2 Å². The first-order valence-electron chi connectivity index (χ1n) is 15.7. The predicted octanol–water partition coefficient (Wildman–Crippen LogP) is 10.7. The molecular formula is C32H62O3PS+. The Balaban J connectivity index is 0.000000712. The Hall–Kier alpha value is -0.440. The average Bonchev–Trinajstić information content (AvgIpc) is 2.92. The molecule has 0 spiro atoms. The van der Waals surface area contributed by atoms with Crippen LogP contribution in [0.15, 0.2) is 35.2 Å². The summed E-state index contributed by atoms with van der Waals surface area (Å²) in [4.78, 5) is 0.236. The molecule has 0 saturated carbocycles. The second kappa shape index (κ2) is 24.6. The number of hydrogen-bond acceptors (Lipinski definition) is 3. The Morgan fingerprint density at radius 1 is 0.541 bits per heavy atom. The van der Waals surface area contributed by atoms with Gasteiger partial charge in [-0.3, -0.25) is 4.18 Å². The highest BCUT2D eigenvalue weighted by Gasteiger charge is 2.34. The minimum Gasteiger partial charge on any atom is -0.266 e. The van der Waals surface area contributed by atoms with E-state index in [4.69, 9.17) is 4.18 Å². The fourth-order valence-electron chi connectivity index (χ4n) is 4.70. The molecule has 1 rings (SSSR count). The highest BCUT2D eigenvalue weighted by Crippen LogP contribution is 2.61. The van der Waals surface area contributed by atoms with Crippen molar-refractivity contribution in [3.63, 3.8) is 0 Å². The third-order valence-corrected chi connectivity index (χ3v) is 13.6. The minimum atomic E-state index is -3.57. The van der Waals surface area contributed by atoms with Crippen LogP contribution in [-0.4, -0.2) is 39.7 Å². The molecule has 0 bridgehead atoms. The molecule has 0 aromatic heterocycles. The molecule has 0 atom stereocenters. The van der Waals surface area contributed by atoms with Crippen molar-refractivity contribution in [2.75, 3.05) is 31.3 Å². The van der Waals surface area contributed by atoms with Gasteiger partial charge in [0.15, 0.2) is 0 Å². The zero-order valence-corrected chi connectivity index (χ0v) is 27.0. The van der Waals surface area contributed by atoms with Crippen LogP contribution >= 0.6 is 7.26 Å². The van der Waals surface area contributed by atoms with E-state index in [1.807, 2.05) is 0 Å². The Kier molecular flexibility index (Phi) is 24.3. The van der Waals surface area contributed by atoms with Gasteiger partial charge in [-0.15, -0.1) is 0 Å². The molecule has 0 heterocycles. The summed E-state index contributed by atoms with van der Waals surface area (Å²) in [7, 11) is -4.13. The summed E-state index contributed by atoms with van der Waals surface area (Å²) < 4.78 is 28.7. The maximum absolute atomic E-state index is 11.8. The van der Waals surface area contributed by atoms with Gasteiger partial charge in [-0.1, -0.05) is 123 Å². The van der Waals surface area contributed by atoms with E-state index in [-0.39, 0.29) is 11.5 Å². The van der Waals surface area contributed by atoms with Crippen LogP contribution in [0.1, 0.15) is 137 Å². The molecule has 0 aliphatic carbocycles. The smallest absolute Gasteiger partial charge is 0.266 e. The summed E-state index contributed by atoms with van der Waals surface area (Å²) in [5.41, 5.74) is 0. The van der Waals surface area contributed by atoms with Crippen LogP contribution in [0.3, 0.4) is 0 Å². The van der Waals surface area contributed by atoms with Crippen molar-refractivity contribution in [2.45, 2.75) is 142 Å². The zero-order valence-electron chi connectivity index (χ0n) is 25.3. The van der Waals surface area contributed by atoms with Crippen molar-refractivity contribution in [1.82, 2.24) is 0 Å². The highest BCUT2D eigenvalue weighted by atomic mass is 32.2. The van der Waals surface area contributed by atoms with E-state index in [9.17, 15) is 8.42 Å². The summed E-state index contributed by atoms with van der Waals surface area (Å²) >= 11 is 0. The van der Waals surface area contributed by atoms with E-state index in [2.05, 4.69) is 34.6 Å². The molecule has 3 nitrogen and oxygen atoms in total. The van der Waals surface area contributed by atoms with E-state index in [0.717, 1.165) is 12.8 Å². The number of hydrogen-bond donors (Lipinski definition) is 0. The summed E-state index contributed by atoms with van der Waals surface area (Å²) in [6, 6.07) is 8.31. The lowest BCUT2D eigenvalue weighted by molar-refractivity contribution is 0.306. The van der Waals surface area contributed by atoms with E-state index in [1.165, 1.54) is 89.9 Å². The zero-order chi connectivity index (χ0) is 27.7. The molecule has 5 heteroatoms. The fraction of sp³-hybridized carbons (Fsp3) is 0.812. The van der Waals surface area contributed by atoms with Crippen LogP contribution in [0.25, 0.3) is 0 Å². The molecule has 0 fully saturated rings. The van der Waals surface area contributed by atoms with Crippen molar-refractivity contribution in [3.8, 4) is 0 Å². The van der Waals surface area contributed by atoms with Gasteiger partial charge in [0.25, 0.3) is 10.1 Å². The van der Waals surface area contributed by atoms with E-state index in [0.29, 0.717) is 0 Å². The molecule has 0 aliphatic heterocycles. The number of unbranched alkanes of at least 4 members (excludes halogenated alkanes) is 11. The van der Waals surface area contributed by atoms with Crippen molar-refractivity contribution < 1.29 is 12.6 Å². The SMILES string of the molecule is CCCCCCCCCCOS(=O)(=O)c1ccccc1.CCCC[P+](CCCC)(CCCC)CCCC. The van der Waals surface area contributed by atoms with Gasteiger partial charge in [0, 0.05) is 7.26 Å². The first-order chi connectivity index (χ1) is 17.9. The predicted molar refractivity (Wildman–Crippen MR) is 168 cm³/mol. The molecule has 0 aliphatic rings. The fourth-order valence-corrected chi connectivity index (χ4v) is 11.0. The minimum absolute atomic E-state index is 0.236. The van der Waals surface area contributed by atoms with Crippen molar-refractivity contribution in [3.05, 3.63) is 30.3 Å². The van der Waals surface area contributed by atoms with Crippen molar-refractivity contribution in [1.29, 1.82) is 0 Å². The van der Waals surface area contributed by atoms with Gasteiger partial charge in [0.1, 0.15) is 0 Å². The quantitative estimate of drug-likeness (QED) is 0.0763. The Morgan fingerprint density at radius 3 is 1.32 bits per heavy atom. The van der Waals surface area contributed by atoms with Crippen molar-refractivity contribution in [2.24, 2.45) is 0 Å². The lowest BCUT2D eigenvalue weighted by atomic mass is 10.1. The summed E-state index contributed by atoms with van der Waals surface area (Å²) in [6.07, 6.45) is 27.4. The maximum Gasteiger partial charge on any atom is 0.296 e. The van der Waals surface area contributed by atoms with Gasteiger partial charge in [-0.25, -0.2) is 0 Å². The molecular weight excluding hydrogens is 495 g/mol. The molecule has 37 heavy (non-hydrogen) atoms. The van der Waals surface area contributed by atoms with Crippen molar-refractivity contribution >= 4 is 17.4 Å². The first kappa shape index (κ1) is 36.6. The third-order valence-electron chi connectivity index (χ3n) is 7.21. The molecule has 0 unspecified atom stereocenters. The van der Waals surface area contributed by atoms with E-state index in [1.54, 1.807) is 55.0 Å². The lowest BCUT2D eigenvalue weighted by Gasteiger charge is -2.28. The largest absolute Gasteiger partial charge is 0.296 e. The number of benzene rings is 1. The second-order valence-corrected chi connectivity index (χ2v) is 16.8. The molecule has 1 aromatic carbocycles. The van der Waals surface area contributed by atoms with Gasteiger partial charge >= 0.3 is 0 Å². The standard InChI is InChI=1S/C16H26O3S.C16H36P/c1-2-3-4-5-6-7-8-12-15-19-20(17,18)16-13-10-9-11-14-16;1-5-9-13-17(14-10-6-2,15-11-7-3)16-12-8-4/h9-11,13-14H,2-8,12,15H2,1H3;5-16H2,1-4H3/q;+1. The average molecular weight is 558 g/mol. The molecule has 0 N–H and O–H groups in total. The Labute approximate surface area is 233 Å². The second-order valence-electron chi connectivity index (χ2n) is 10.7. The lowest BCUT2D eigenvalue weighted by Crippen LogP contribution is -2.12. The topological polar surface area (TPSA) is 43.4 Å². The maximum atomic E-state index is 11.8. The van der Waals surface area contributed by atoms with Gasteiger partial charge < -0.3 is 0 Å². The van der Waals surface area contributed by atoms with E-state index >= 15 is 0 Å². The summed E-state index contributed by atoms with van der Waals surface area (Å²) in [5, 5.41) is 0. The number of rotatable bonds is 23. The van der Waals surface area contributed by atoms with Crippen LogP contribution in [0.2, 0.25) is 0 Å². The van der Waals surface area contributed by atoms with Gasteiger partial charge in [-0.2, -0.15) is 8.42 Å². The van der Waals surface area contributed by atoms with Crippen LogP contribution in [0.4, 0.5) is 0 Å². The van der Waals surface area contributed by atoms with Crippen LogP contribution in [0, 0.1) is 0 Å². The van der Waals surface area contributed by atoms with Crippen LogP contribution in [-0.2, 0) is 14.3 Å². The van der Waals surface area contributed by atoms with Crippen LogP contribution < -0.4 is 0 Å². The summed E-state index contributed by atoms with van der Waals surface area (Å²) in [6.45, 7) is 11.9. The molecule has 218 valence electrons. The van der Waals surface area contributed by atoms with Gasteiger partial charge in [0.05, 0.1) is 36.2 Å². The Morgan fingerprint density at radius 2 is 0.919 bits per heavy atom. The molecule has 0 saturated heterocycles. The monoisotopic (exact) mass is 557 g/mol. The highest BCUT2D eigenvalue weighted by molar-refractivity contribution is 7.86. The molecule has 0 amide bonds.